The largest absolute Gasteiger partial charge is 0.399 e. The number of nitrogens with zero attached hydrogens (tertiary/aromatic N) is 1. The Balaban J connectivity index is 2.32. The maximum atomic E-state index is 13.5. The maximum absolute atomic E-state index is 13.5. The van der Waals surface area contributed by atoms with E-state index in [1.165, 1.54) is 17.4 Å². The van der Waals surface area contributed by atoms with Crippen molar-refractivity contribution < 1.29 is 12.8 Å². The lowest BCUT2D eigenvalue weighted by molar-refractivity contribution is 0.447. The minimum atomic E-state index is -3.77. The molecule has 1 saturated carbocycles. The summed E-state index contributed by atoms with van der Waals surface area (Å²) >= 11 is 0. The maximum Gasteiger partial charge on any atom is 0.245 e. The number of hydrogen-bond donors (Lipinski definition) is 1. The fraction of sp³-hybridized carbons (Fsp3) is 0.455. The summed E-state index contributed by atoms with van der Waals surface area (Å²) in [6, 6.07) is 3.58. The molecule has 0 heterocycles. The second kappa shape index (κ2) is 4.27. The third kappa shape index (κ3) is 2.58. The van der Waals surface area contributed by atoms with Crippen LogP contribution in [0.1, 0.15) is 12.8 Å². The highest BCUT2D eigenvalue weighted by Gasteiger charge is 2.30. The first-order chi connectivity index (χ1) is 7.91. The SMILES string of the molecule is CN(CC1CC1)S(=O)(=O)c1cc(N)ccc1F. The van der Waals surface area contributed by atoms with Gasteiger partial charge in [0.1, 0.15) is 10.7 Å². The Hall–Kier alpha value is -1.14. The van der Waals surface area contributed by atoms with Crippen molar-refractivity contribution in [2.24, 2.45) is 5.92 Å². The third-order valence-electron chi connectivity index (χ3n) is 2.86. The van der Waals surface area contributed by atoms with Crippen LogP contribution in [-0.2, 0) is 10.0 Å². The van der Waals surface area contributed by atoms with E-state index < -0.39 is 15.8 Å². The van der Waals surface area contributed by atoms with Crippen LogP contribution in [0.2, 0.25) is 0 Å². The van der Waals surface area contributed by atoms with Gasteiger partial charge in [0, 0.05) is 19.3 Å². The van der Waals surface area contributed by atoms with Crippen LogP contribution in [0.25, 0.3) is 0 Å². The predicted molar refractivity (Wildman–Crippen MR) is 63.4 cm³/mol. The lowest BCUT2D eigenvalue weighted by atomic mass is 10.3. The molecule has 0 aliphatic heterocycles. The third-order valence-corrected chi connectivity index (χ3v) is 4.69. The van der Waals surface area contributed by atoms with Crippen molar-refractivity contribution in [1.82, 2.24) is 4.31 Å². The van der Waals surface area contributed by atoms with Gasteiger partial charge < -0.3 is 5.73 Å². The molecule has 0 unspecified atom stereocenters. The molecule has 0 aromatic heterocycles. The van der Waals surface area contributed by atoms with Gasteiger partial charge in [-0.3, -0.25) is 0 Å². The zero-order valence-electron chi connectivity index (χ0n) is 9.56. The molecule has 2 N–H and O–H groups in total. The summed E-state index contributed by atoms with van der Waals surface area (Å²) in [7, 11) is -2.30. The van der Waals surface area contributed by atoms with E-state index in [-0.39, 0.29) is 10.6 Å². The highest BCUT2D eigenvalue weighted by atomic mass is 32.2. The number of benzene rings is 1. The molecule has 2 rings (SSSR count). The first kappa shape index (κ1) is 12.3. The summed E-state index contributed by atoms with van der Waals surface area (Å²) in [4.78, 5) is -0.347. The van der Waals surface area contributed by atoms with E-state index in [0.29, 0.717) is 12.5 Å². The second-order valence-corrected chi connectivity index (χ2v) is 6.43. The number of rotatable bonds is 4. The Morgan fingerprint density at radius 3 is 2.71 bits per heavy atom. The zero-order chi connectivity index (χ0) is 12.6. The molecule has 0 atom stereocenters. The van der Waals surface area contributed by atoms with Gasteiger partial charge in [0.25, 0.3) is 0 Å². The molecule has 0 bridgehead atoms. The van der Waals surface area contributed by atoms with Crippen molar-refractivity contribution in [2.75, 3.05) is 19.3 Å². The molecule has 1 aliphatic carbocycles. The molecule has 0 saturated heterocycles. The van der Waals surface area contributed by atoms with Crippen LogP contribution in [0.4, 0.5) is 10.1 Å². The van der Waals surface area contributed by atoms with Gasteiger partial charge in [-0.25, -0.2) is 17.1 Å². The van der Waals surface area contributed by atoms with E-state index in [4.69, 9.17) is 5.73 Å². The van der Waals surface area contributed by atoms with Crippen LogP contribution < -0.4 is 5.73 Å². The topological polar surface area (TPSA) is 63.4 Å². The first-order valence-corrected chi connectivity index (χ1v) is 6.86. The van der Waals surface area contributed by atoms with Gasteiger partial charge in [0.15, 0.2) is 0 Å². The van der Waals surface area contributed by atoms with Crippen LogP contribution >= 0.6 is 0 Å². The molecule has 0 amide bonds. The number of sulfonamides is 1. The Labute approximate surface area is 100 Å². The van der Waals surface area contributed by atoms with Crippen LogP contribution in [0.3, 0.4) is 0 Å². The van der Waals surface area contributed by atoms with Crippen LogP contribution in [-0.4, -0.2) is 26.3 Å². The molecule has 0 spiro atoms. The van der Waals surface area contributed by atoms with E-state index in [1.54, 1.807) is 0 Å². The normalized spacial score (nSPS) is 16.4. The molecule has 1 fully saturated rings. The summed E-state index contributed by atoms with van der Waals surface area (Å²) in [5.41, 5.74) is 5.73. The first-order valence-electron chi connectivity index (χ1n) is 5.42. The monoisotopic (exact) mass is 258 g/mol. The van der Waals surface area contributed by atoms with Crippen molar-refractivity contribution in [3.63, 3.8) is 0 Å². The van der Waals surface area contributed by atoms with Crippen molar-refractivity contribution in [3.05, 3.63) is 24.0 Å². The molecule has 6 heteroatoms. The number of halogens is 1. The molecule has 1 aliphatic rings. The van der Waals surface area contributed by atoms with Crippen LogP contribution in [0, 0.1) is 11.7 Å². The van der Waals surface area contributed by atoms with Gasteiger partial charge in [-0.05, 0) is 37.0 Å². The Kier molecular flexibility index (Phi) is 3.09. The molecule has 1 aromatic rings. The highest BCUT2D eigenvalue weighted by molar-refractivity contribution is 7.89. The fourth-order valence-electron chi connectivity index (χ4n) is 1.65. The summed E-state index contributed by atoms with van der Waals surface area (Å²) in [6.07, 6.45) is 2.08. The molecule has 94 valence electrons. The summed E-state index contributed by atoms with van der Waals surface area (Å²) < 4.78 is 38.9. The van der Waals surface area contributed by atoms with E-state index in [1.807, 2.05) is 0 Å². The van der Waals surface area contributed by atoms with Gasteiger partial charge in [-0.15, -0.1) is 0 Å². The van der Waals surface area contributed by atoms with Crippen molar-refractivity contribution in [1.29, 1.82) is 0 Å². The van der Waals surface area contributed by atoms with Crippen LogP contribution in [0.15, 0.2) is 23.1 Å². The molecular formula is C11H15FN2O2S. The Morgan fingerprint density at radius 2 is 2.12 bits per heavy atom. The van der Waals surface area contributed by atoms with E-state index in [9.17, 15) is 12.8 Å². The quantitative estimate of drug-likeness (QED) is 0.831. The van der Waals surface area contributed by atoms with Crippen molar-refractivity contribution >= 4 is 15.7 Å². The van der Waals surface area contributed by atoms with E-state index in [2.05, 4.69) is 0 Å². The molecule has 0 radical (unpaired) electrons. The van der Waals surface area contributed by atoms with Crippen molar-refractivity contribution in [2.45, 2.75) is 17.7 Å². The van der Waals surface area contributed by atoms with Gasteiger partial charge in [-0.2, -0.15) is 0 Å². The Bertz CT molecular complexity index is 526. The number of nitrogens with two attached hydrogens (primary N) is 1. The molecule has 1 aromatic carbocycles. The molecule has 17 heavy (non-hydrogen) atoms. The average molecular weight is 258 g/mol. The van der Waals surface area contributed by atoms with E-state index >= 15 is 0 Å². The standard InChI is InChI=1S/C11H15FN2O2S/c1-14(7-8-2-3-8)17(15,16)11-6-9(13)4-5-10(11)12/h4-6,8H,2-3,7,13H2,1H3. The van der Waals surface area contributed by atoms with Gasteiger partial charge in [0.2, 0.25) is 10.0 Å². The summed E-state index contributed by atoms with van der Waals surface area (Å²) in [5.74, 6) is -0.347. The predicted octanol–water partition coefficient (Wildman–Crippen LogP) is 1.44. The van der Waals surface area contributed by atoms with Crippen molar-refractivity contribution in [3.8, 4) is 0 Å². The minimum absolute atomic E-state index is 0.241. The number of nitrogen functional groups attached to an aromatic ring is 1. The summed E-state index contributed by atoms with van der Waals surface area (Å²) in [6.45, 7) is 0.441. The molecule has 4 nitrogen and oxygen atoms in total. The lowest BCUT2D eigenvalue weighted by Gasteiger charge is -2.17. The zero-order valence-corrected chi connectivity index (χ0v) is 10.4. The summed E-state index contributed by atoms with van der Waals surface area (Å²) in [5, 5.41) is 0. The number of anilines is 1. The Morgan fingerprint density at radius 1 is 1.47 bits per heavy atom. The van der Waals surface area contributed by atoms with Gasteiger partial charge >= 0.3 is 0 Å². The second-order valence-electron chi connectivity index (χ2n) is 4.42. The smallest absolute Gasteiger partial charge is 0.245 e. The minimum Gasteiger partial charge on any atom is -0.399 e. The highest BCUT2D eigenvalue weighted by Crippen LogP contribution is 2.31. The van der Waals surface area contributed by atoms with Gasteiger partial charge in [0.05, 0.1) is 0 Å². The fourth-order valence-corrected chi connectivity index (χ4v) is 2.99. The van der Waals surface area contributed by atoms with Crippen LogP contribution in [0.5, 0.6) is 0 Å². The molecular weight excluding hydrogens is 243 g/mol. The average Bonchev–Trinajstić information content (AvgIpc) is 3.05. The van der Waals surface area contributed by atoms with Gasteiger partial charge in [-0.1, -0.05) is 0 Å². The lowest BCUT2D eigenvalue weighted by Crippen LogP contribution is -2.29. The number of hydrogen-bond acceptors (Lipinski definition) is 3. The van der Waals surface area contributed by atoms with E-state index in [0.717, 1.165) is 25.0 Å².